The fraction of sp³-hybridized carbons (Fsp3) is 0.143. The van der Waals surface area contributed by atoms with Gasteiger partial charge in [0.25, 0.3) is 0 Å². The normalized spacial score (nSPS) is 14.1. The van der Waals surface area contributed by atoms with Crippen molar-refractivity contribution in [1.82, 2.24) is 0 Å². The third-order valence-electron chi connectivity index (χ3n) is 1.28. The van der Waals surface area contributed by atoms with E-state index in [1.165, 1.54) is 5.56 Å². The zero-order chi connectivity index (χ0) is 14.2. The van der Waals surface area contributed by atoms with Crippen molar-refractivity contribution in [1.29, 1.82) is 0 Å². The van der Waals surface area contributed by atoms with Gasteiger partial charge in [-0.15, -0.1) is 4.89 Å². The quantitative estimate of drug-likeness (QED) is 0.516. The topological polar surface area (TPSA) is 133 Å². The first-order valence-electron chi connectivity index (χ1n) is 4.27. The van der Waals surface area contributed by atoms with Crippen molar-refractivity contribution in [2.24, 2.45) is 0 Å². The fourth-order valence-corrected chi connectivity index (χ4v) is 2.49. The predicted molar refractivity (Wildman–Crippen MR) is 60.6 cm³/mol. The van der Waals surface area contributed by atoms with Crippen LogP contribution in [0.1, 0.15) is 5.56 Å². The second-order valence-corrected chi connectivity index (χ2v) is 5.91. The molecule has 0 aliphatic rings. The van der Waals surface area contributed by atoms with E-state index in [0.29, 0.717) is 0 Å². The van der Waals surface area contributed by atoms with Crippen LogP contribution in [0.15, 0.2) is 30.3 Å². The molecule has 3 unspecified atom stereocenters. The molecule has 0 spiro atoms. The smallest absolute Gasteiger partial charge is 0.566 e. The molecule has 0 aromatic heterocycles. The fourth-order valence-electron chi connectivity index (χ4n) is 0.722. The molecule has 1 aromatic rings. The third-order valence-corrected chi connectivity index (χ3v) is 4.03. The third kappa shape index (κ3) is 14.7. The molecule has 0 bridgehead atoms. The number of hydrogen-bond acceptors (Lipinski definition) is 6. The molecule has 0 fully saturated rings. The standard InChI is InChI=1S/C7H8.Na.HO8P3/c1-7-5-3-2-4-6-7;;1-9(2)7-11(5,6)8-10(3)4/h2-6H,1H3;;(H-,1,2,5,6)/q;+1;/p+1. The Morgan fingerprint density at radius 3 is 1.95 bits per heavy atom. The molecule has 0 heterocycles. The van der Waals surface area contributed by atoms with Crippen LogP contribution in [-0.4, -0.2) is 9.79 Å². The van der Waals surface area contributed by atoms with Crippen LogP contribution in [0.3, 0.4) is 0 Å². The van der Waals surface area contributed by atoms with Crippen molar-refractivity contribution in [2.75, 3.05) is 0 Å². The summed E-state index contributed by atoms with van der Waals surface area (Å²) in [5.41, 5.74) is 1.32. The van der Waals surface area contributed by atoms with Crippen LogP contribution in [0.5, 0.6) is 0 Å². The van der Waals surface area contributed by atoms with Crippen LogP contribution in [0, 0.1) is 6.92 Å². The van der Waals surface area contributed by atoms with Gasteiger partial charge in [0.15, 0.2) is 0 Å². The molecular formula is C7H10NaO8P3+2. The van der Waals surface area contributed by atoms with Crippen LogP contribution in [0.25, 0.3) is 0 Å². The molecule has 0 saturated heterocycles. The van der Waals surface area contributed by atoms with Gasteiger partial charge in [-0.25, -0.2) is 4.57 Å². The molecule has 8 nitrogen and oxygen atoms in total. The maximum absolute atomic E-state index is 10.2. The summed E-state index contributed by atoms with van der Waals surface area (Å²) in [7, 11) is -11.9. The first kappa shape index (κ1) is 21.7. The summed E-state index contributed by atoms with van der Waals surface area (Å²) < 4.78 is 36.1. The van der Waals surface area contributed by atoms with E-state index in [1.54, 1.807) is 0 Å². The van der Waals surface area contributed by atoms with Gasteiger partial charge in [0.05, 0.1) is 0 Å². The van der Waals surface area contributed by atoms with Gasteiger partial charge in [0.2, 0.25) is 0 Å². The van der Waals surface area contributed by atoms with Gasteiger partial charge in [-0.3, -0.25) is 4.89 Å². The minimum absolute atomic E-state index is 0. The molecule has 1 aromatic carbocycles. The Balaban J connectivity index is 0. The predicted octanol–water partition coefficient (Wildman–Crippen LogP) is -1.21. The van der Waals surface area contributed by atoms with E-state index in [4.69, 9.17) is 9.79 Å². The van der Waals surface area contributed by atoms with E-state index in [1.807, 2.05) is 18.2 Å². The van der Waals surface area contributed by atoms with Crippen LogP contribution < -0.4 is 34.5 Å². The van der Waals surface area contributed by atoms with E-state index in [0.717, 1.165) is 0 Å². The van der Waals surface area contributed by atoms with E-state index >= 15 is 0 Å². The molecular weight excluding hydrogens is 328 g/mol. The van der Waals surface area contributed by atoms with Crippen molar-refractivity contribution in [3.05, 3.63) is 35.9 Å². The maximum atomic E-state index is 10.2. The van der Waals surface area contributed by atoms with E-state index in [2.05, 4.69) is 27.7 Å². The zero-order valence-corrected chi connectivity index (χ0v) is 14.8. The van der Waals surface area contributed by atoms with Crippen molar-refractivity contribution >= 4 is 24.3 Å². The number of aryl methyl sites for hydroxylation is 1. The maximum Gasteiger partial charge on any atom is 1.00 e. The SMILES string of the molecule is Cc1ccccc1.O=[P+]([O-])OP(=O)(O)O[P+](=O)O.[Na+]. The average Bonchev–Trinajstić information content (AvgIpc) is 2.14. The first-order valence-corrected chi connectivity index (χ1v) is 7.99. The molecule has 19 heavy (non-hydrogen) atoms. The Morgan fingerprint density at radius 2 is 1.68 bits per heavy atom. The van der Waals surface area contributed by atoms with Gasteiger partial charge in [-0.05, 0) is 15.8 Å². The van der Waals surface area contributed by atoms with E-state index < -0.39 is 24.3 Å². The van der Waals surface area contributed by atoms with E-state index in [-0.39, 0.29) is 29.6 Å². The van der Waals surface area contributed by atoms with Crippen LogP contribution in [0.2, 0.25) is 0 Å². The molecule has 0 radical (unpaired) electrons. The summed E-state index contributed by atoms with van der Waals surface area (Å²) in [6.45, 7) is 2.08. The Morgan fingerprint density at radius 1 is 1.21 bits per heavy atom. The van der Waals surface area contributed by atoms with Crippen molar-refractivity contribution in [2.45, 2.75) is 6.92 Å². The summed E-state index contributed by atoms with van der Waals surface area (Å²) in [5.74, 6) is 0. The number of rotatable bonds is 4. The second kappa shape index (κ2) is 11.1. The number of phosphoric acid groups is 1. The van der Waals surface area contributed by atoms with Crippen molar-refractivity contribution < 1.29 is 66.6 Å². The number of benzene rings is 1. The Kier molecular flexibility index (Phi) is 12.8. The molecule has 2 N–H and O–H groups in total. The largest absolute Gasteiger partial charge is 1.00 e. The Labute approximate surface area is 133 Å². The summed E-state index contributed by atoms with van der Waals surface area (Å²) in [4.78, 5) is 25.7. The molecule has 100 valence electrons. The van der Waals surface area contributed by atoms with Gasteiger partial charge >= 0.3 is 53.9 Å². The van der Waals surface area contributed by atoms with Gasteiger partial charge in [-0.1, -0.05) is 35.9 Å². The molecule has 0 aliphatic heterocycles. The molecule has 1 rings (SSSR count). The van der Waals surface area contributed by atoms with Gasteiger partial charge in [0.1, 0.15) is 0 Å². The molecule has 0 amide bonds. The van der Waals surface area contributed by atoms with Crippen molar-refractivity contribution in [3.8, 4) is 0 Å². The second-order valence-electron chi connectivity index (χ2n) is 2.75. The molecule has 0 aliphatic carbocycles. The monoisotopic (exact) mass is 338 g/mol. The Bertz CT molecular complexity index is 433. The van der Waals surface area contributed by atoms with Crippen LogP contribution >= 0.6 is 24.3 Å². The first-order chi connectivity index (χ1) is 8.23. The number of hydrogen-bond donors (Lipinski definition) is 2. The molecule has 0 saturated carbocycles. The minimum atomic E-state index is -4.93. The summed E-state index contributed by atoms with van der Waals surface area (Å²) in [6, 6.07) is 10.3. The summed E-state index contributed by atoms with van der Waals surface area (Å²) in [5, 5.41) is 0. The summed E-state index contributed by atoms with van der Waals surface area (Å²) >= 11 is 0. The van der Waals surface area contributed by atoms with Crippen LogP contribution in [-0.2, 0) is 22.3 Å². The Hall–Kier alpha value is 0.450. The average molecular weight is 338 g/mol. The van der Waals surface area contributed by atoms with E-state index in [9.17, 15) is 18.6 Å². The summed E-state index contributed by atoms with van der Waals surface area (Å²) in [6.07, 6.45) is 0. The zero-order valence-electron chi connectivity index (χ0n) is 10.1. The van der Waals surface area contributed by atoms with Crippen molar-refractivity contribution in [3.63, 3.8) is 0 Å². The van der Waals surface area contributed by atoms with Gasteiger partial charge in [0, 0.05) is 8.88 Å². The van der Waals surface area contributed by atoms with Gasteiger partial charge in [-0.2, -0.15) is 0 Å². The van der Waals surface area contributed by atoms with Crippen LogP contribution in [0.4, 0.5) is 0 Å². The minimum Gasteiger partial charge on any atom is -0.566 e. The molecule has 12 heteroatoms. The molecule has 3 atom stereocenters. The van der Waals surface area contributed by atoms with Gasteiger partial charge < -0.3 is 4.89 Å².